The molecule has 0 unspecified atom stereocenters. The van der Waals surface area contributed by atoms with E-state index in [4.69, 9.17) is 17.4 Å². The zero-order valence-corrected chi connectivity index (χ0v) is 10.2. The van der Waals surface area contributed by atoms with Crippen molar-refractivity contribution in [3.8, 4) is 0 Å². The molecular formula is C11H15ClN4O. The summed E-state index contributed by atoms with van der Waals surface area (Å²) in [7, 11) is 0. The van der Waals surface area contributed by atoms with Crippen molar-refractivity contribution >= 4 is 23.3 Å². The van der Waals surface area contributed by atoms with Crippen LogP contribution in [-0.4, -0.2) is 37.1 Å². The smallest absolute Gasteiger partial charge is 0.331 e. The number of urea groups is 1. The molecule has 17 heavy (non-hydrogen) atoms. The van der Waals surface area contributed by atoms with Crippen molar-refractivity contribution in [2.75, 3.05) is 31.1 Å². The Morgan fingerprint density at radius 2 is 1.88 bits per heavy atom. The van der Waals surface area contributed by atoms with Crippen molar-refractivity contribution in [2.45, 2.75) is 0 Å². The molecule has 1 fully saturated rings. The van der Waals surface area contributed by atoms with Crippen LogP contribution in [0.3, 0.4) is 0 Å². The number of nitrogens with zero attached hydrogens (tertiary/aromatic N) is 2. The molecule has 1 aromatic carbocycles. The van der Waals surface area contributed by atoms with Crippen molar-refractivity contribution in [1.82, 2.24) is 10.3 Å². The van der Waals surface area contributed by atoms with Crippen LogP contribution < -0.4 is 16.2 Å². The van der Waals surface area contributed by atoms with Crippen LogP contribution >= 0.6 is 11.6 Å². The molecule has 0 spiro atoms. The number of hydrogen-bond acceptors (Lipinski definition) is 3. The molecule has 1 aliphatic rings. The summed E-state index contributed by atoms with van der Waals surface area (Å²) in [5.41, 5.74) is 3.16. The van der Waals surface area contributed by atoms with Crippen molar-refractivity contribution < 1.29 is 4.79 Å². The lowest BCUT2D eigenvalue weighted by atomic mass is 10.2. The highest BCUT2D eigenvalue weighted by Crippen LogP contribution is 2.25. The molecule has 1 heterocycles. The van der Waals surface area contributed by atoms with E-state index in [1.807, 2.05) is 24.3 Å². The molecule has 5 nitrogen and oxygen atoms in total. The Balaban J connectivity index is 2.00. The molecule has 2 amide bonds. The average molecular weight is 255 g/mol. The Morgan fingerprint density at radius 1 is 1.24 bits per heavy atom. The first kappa shape index (κ1) is 12.0. The number of nitrogens with two attached hydrogens (primary N) is 1. The molecule has 1 saturated heterocycles. The van der Waals surface area contributed by atoms with Crippen LogP contribution in [0.2, 0.25) is 5.02 Å². The van der Waals surface area contributed by atoms with Crippen molar-refractivity contribution in [1.29, 1.82) is 0 Å². The quantitative estimate of drug-likeness (QED) is 0.447. The minimum Gasteiger partial charge on any atom is -0.367 e. The maximum absolute atomic E-state index is 11.3. The fraction of sp³-hybridized carbons (Fsp3) is 0.364. The standard InChI is InChI=1S/C11H15ClN4O/c12-9-3-1-2-4-10(9)15-5-7-16(8-6-15)11(17)14-13/h1-4H,5-8,13H2,(H,14,17). The van der Waals surface area contributed by atoms with Gasteiger partial charge in [0.15, 0.2) is 0 Å². The third kappa shape index (κ3) is 2.62. The number of anilines is 1. The van der Waals surface area contributed by atoms with Gasteiger partial charge in [-0.1, -0.05) is 23.7 Å². The van der Waals surface area contributed by atoms with Crippen LogP contribution in [-0.2, 0) is 0 Å². The molecule has 0 atom stereocenters. The van der Waals surface area contributed by atoms with Crippen LogP contribution in [0.25, 0.3) is 0 Å². The van der Waals surface area contributed by atoms with Gasteiger partial charge in [-0.25, -0.2) is 10.6 Å². The summed E-state index contributed by atoms with van der Waals surface area (Å²) in [6, 6.07) is 7.49. The first-order valence-electron chi connectivity index (χ1n) is 5.47. The monoisotopic (exact) mass is 254 g/mol. The van der Waals surface area contributed by atoms with E-state index in [0.717, 1.165) is 23.8 Å². The van der Waals surface area contributed by atoms with E-state index >= 15 is 0 Å². The van der Waals surface area contributed by atoms with E-state index in [1.165, 1.54) is 0 Å². The number of carbonyl (C=O) groups excluding carboxylic acids is 1. The Morgan fingerprint density at radius 3 is 2.47 bits per heavy atom. The second-order valence-electron chi connectivity index (χ2n) is 3.87. The second-order valence-corrected chi connectivity index (χ2v) is 4.28. The zero-order valence-electron chi connectivity index (χ0n) is 9.40. The molecule has 2 rings (SSSR count). The average Bonchev–Trinajstić information content (AvgIpc) is 2.39. The molecule has 0 radical (unpaired) electrons. The fourth-order valence-corrected chi connectivity index (χ4v) is 2.21. The summed E-state index contributed by atoms with van der Waals surface area (Å²) in [5, 5.41) is 0.740. The lowest BCUT2D eigenvalue weighted by Crippen LogP contribution is -2.53. The van der Waals surface area contributed by atoms with Crippen molar-refractivity contribution in [2.24, 2.45) is 5.84 Å². The van der Waals surface area contributed by atoms with Gasteiger partial charge in [-0.2, -0.15) is 0 Å². The van der Waals surface area contributed by atoms with Gasteiger partial charge < -0.3 is 9.80 Å². The minimum absolute atomic E-state index is 0.233. The van der Waals surface area contributed by atoms with Gasteiger partial charge in [0.05, 0.1) is 10.7 Å². The minimum atomic E-state index is -0.233. The molecule has 1 aliphatic heterocycles. The third-order valence-corrected chi connectivity index (χ3v) is 3.20. The summed E-state index contributed by atoms with van der Waals surface area (Å²) < 4.78 is 0. The number of nitrogens with one attached hydrogen (secondary N) is 1. The van der Waals surface area contributed by atoms with Crippen molar-refractivity contribution in [3.05, 3.63) is 29.3 Å². The van der Waals surface area contributed by atoms with Gasteiger partial charge in [0, 0.05) is 26.2 Å². The second kappa shape index (κ2) is 5.25. The van der Waals surface area contributed by atoms with Crippen LogP contribution in [0.15, 0.2) is 24.3 Å². The summed E-state index contributed by atoms with van der Waals surface area (Å²) in [6.07, 6.45) is 0. The molecule has 6 heteroatoms. The maximum Gasteiger partial charge on any atom is 0.331 e. The van der Waals surface area contributed by atoms with Gasteiger partial charge in [0.2, 0.25) is 0 Å². The van der Waals surface area contributed by atoms with Gasteiger partial charge in [-0.15, -0.1) is 0 Å². The Hall–Kier alpha value is -1.46. The predicted octanol–water partition coefficient (Wildman–Crippen LogP) is 1.05. The van der Waals surface area contributed by atoms with Gasteiger partial charge in [0.25, 0.3) is 0 Å². The summed E-state index contributed by atoms with van der Waals surface area (Å²) in [4.78, 5) is 15.2. The Labute approximate surface area is 105 Å². The fourth-order valence-electron chi connectivity index (χ4n) is 1.95. The van der Waals surface area contributed by atoms with Gasteiger partial charge >= 0.3 is 6.03 Å². The number of piperazine rings is 1. The molecule has 0 saturated carbocycles. The van der Waals surface area contributed by atoms with Gasteiger partial charge in [-0.3, -0.25) is 5.43 Å². The van der Waals surface area contributed by atoms with Crippen LogP contribution in [0, 0.1) is 0 Å². The molecule has 0 bridgehead atoms. The zero-order chi connectivity index (χ0) is 12.3. The largest absolute Gasteiger partial charge is 0.367 e. The number of rotatable bonds is 1. The first-order valence-corrected chi connectivity index (χ1v) is 5.85. The highest BCUT2D eigenvalue weighted by atomic mass is 35.5. The number of halogens is 1. The van der Waals surface area contributed by atoms with E-state index in [2.05, 4.69) is 10.3 Å². The Kier molecular flexibility index (Phi) is 3.71. The summed E-state index contributed by atoms with van der Waals surface area (Å²) >= 11 is 6.13. The van der Waals surface area contributed by atoms with Gasteiger partial charge in [0.1, 0.15) is 0 Å². The number of benzene rings is 1. The van der Waals surface area contributed by atoms with E-state index < -0.39 is 0 Å². The lowest BCUT2D eigenvalue weighted by Gasteiger charge is -2.36. The molecular weight excluding hydrogens is 240 g/mol. The molecule has 0 aliphatic carbocycles. The first-order chi connectivity index (χ1) is 8.22. The predicted molar refractivity (Wildman–Crippen MR) is 68.0 cm³/mol. The number of hydrogen-bond donors (Lipinski definition) is 2. The van der Waals surface area contributed by atoms with Crippen molar-refractivity contribution in [3.63, 3.8) is 0 Å². The third-order valence-electron chi connectivity index (χ3n) is 2.88. The van der Waals surface area contributed by atoms with Crippen LogP contribution in [0.5, 0.6) is 0 Å². The SMILES string of the molecule is NNC(=O)N1CCN(c2ccccc2Cl)CC1. The van der Waals surface area contributed by atoms with E-state index in [1.54, 1.807) is 4.90 Å². The van der Waals surface area contributed by atoms with Gasteiger partial charge in [-0.05, 0) is 12.1 Å². The van der Waals surface area contributed by atoms with E-state index in [-0.39, 0.29) is 6.03 Å². The molecule has 1 aromatic rings. The number of para-hydroxylation sites is 1. The maximum atomic E-state index is 11.3. The lowest BCUT2D eigenvalue weighted by molar-refractivity contribution is 0.194. The molecule has 92 valence electrons. The molecule has 3 N–H and O–H groups in total. The summed E-state index contributed by atoms with van der Waals surface area (Å²) in [6.45, 7) is 2.82. The van der Waals surface area contributed by atoms with E-state index in [9.17, 15) is 4.79 Å². The highest BCUT2D eigenvalue weighted by molar-refractivity contribution is 6.33. The summed E-state index contributed by atoms with van der Waals surface area (Å²) in [5.74, 6) is 5.10. The van der Waals surface area contributed by atoms with Crippen LogP contribution in [0.4, 0.5) is 10.5 Å². The number of hydrazine groups is 1. The normalized spacial score (nSPS) is 15.9. The van der Waals surface area contributed by atoms with E-state index in [0.29, 0.717) is 13.1 Å². The Bertz CT molecular complexity index is 404. The number of amides is 2. The highest BCUT2D eigenvalue weighted by Gasteiger charge is 2.21. The number of carbonyl (C=O) groups is 1. The topological polar surface area (TPSA) is 61.6 Å². The van der Waals surface area contributed by atoms with Crippen LogP contribution in [0.1, 0.15) is 0 Å². The molecule has 0 aromatic heterocycles.